The Hall–Kier alpha value is -1.91. The molecule has 21 heavy (non-hydrogen) atoms. The van der Waals surface area contributed by atoms with E-state index in [0.29, 0.717) is 19.5 Å². The van der Waals surface area contributed by atoms with Crippen LogP contribution < -0.4 is 5.32 Å². The second-order valence-corrected chi connectivity index (χ2v) is 5.78. The lowest BCUT2D eigenvalue weighted by Gasteiger charge is -2.17. The van der Waals surface area contributed by atoms with E-state index in [4.69, 9.17) is 0 Å². The van der Waals surface area contributed by atoms with Gasteiger partial charge in [0, 0.05) is 25.6 Å². The van der Waals surface area contributed by atoms with Gasteiger partial charge in [0.2, 0.25) is 11.8 Å². The molecule has 1 N–H and O–H groups in total. The van der Waals surface area contributed by atoms with Crippen molar-refractivity contribution in [3.05, 3.63) is 35.6 Å². The third-order valence-corrected chi connectivity index (χ3v) is 3.60. The first kappa shape index (κ1) is 15.5. The molecule has 1 heterocycles. The normalized spacial score (nSPS) is 18.4. The number of carbonyl (C=O) groups is 2. The summed E-state index contributed by atoms with van der Waals surface area (Å²) in [5.41, 5.74) is 0.985. The van der Waals surface area contributed by atoms with Gasteiger partial charge >= 0.3 is 0 Å². The number of nitrogens with zero attached hydrogens (tertiary/aromatic N) is 1. The van der Waals surface area contributed by atoms with Gasteiger partial charge in [-0.15, -0.1) is 0 Å². The fraction of sp³-hybridized carbons (Fsp3) is 0.500. The first-order chi connectivity index (χ1) is 9.95. The van der Waals surface area contributed by atoms with Gasteiger partial charge in [-0.25, -0.2) is 4.39 Å². The molecule has 1 aromatic rings. The predicted molar refractivity (Wildman–Crippen MR) is 78.1 cm³/mol. The number of carbonyl (C=O) groups excluding carboxylic acids is 2. The number of benzene rings is 1. The second kappa shape index (κ2) is 6.70. The Morgan fingerprint density at radius 3 is 2.67 bits per heavy atom. The highest BCUT2D eigenvalue weighted by molar-refractivity contribution is 5.89. The van der Waals surface area contributed by atoms with Crippen molar-refractivity contribution in [3.8, 4) is 0 Å². The van der Waals surface area contributed by atoms with Gasteiger partial charge in [0.15, 0.2) is 0 Å². The van der Waals surface area contributed by atoms with Gasteiger partial charge in [0.1, 0.15) is 5.82 Å². The van der Waals surface area contributed by atoms with Crippen LogP contribution in [-0.4, -0.2) is 35.8 Å². The van der Waals surface area contributed by atoms with Crippen LogP contribution in [0.3, 0.4) is 0 Å². The molecule has 0 aliphatic carbocycles. The Morgan fingerprint density at radius 1 is 1.38 bits per heavy atom. The summed E-state index contributed by atoms with van der Waals surface area (Å²) in [5, 5.41) is 2.85. The van der Waals surface area contributed by atoms with Gasteiger partial charge in [-0.05, 0) is 38.0 Å². The molecule has 114 valence electrons. The molecule has 0 aromatic heterocycles. The largest absolute Gasteiger partial charge is 0.354 e. The van der Waals surface area contributed by atoms with Gasteiger partial charge in [0.25, 0.3) is 0 Å². The van der Waals surface area contributed by atoms with E-state index in [1.165, 1.54) is 12.1 Å². The Bertz CT molecular complexity index is 514. The van der Waals surface area contributed by atoms with Crippen molar-refractivity contribution in [2.24, 2.45) is 5.92 Å². The fourth-order valence-electron chi connectivity index (χ4n) is 2.48. The van der Waals surface area contributed by atoms with E-state index in [2.05, 4.69) is 5.32 Å². The smallest absolute Gasteiger partial charge is 0.225 e. The molecule has 1 saturated heterocycles. The summed E-state index contributed by atoms with van der Waals surface area (Å²) in [7, 11) is 0. The van der Waals surface area contributed by atoms with Crippen LogP contribution >= 0.6 is 0 Å². The number of rotatable bonds is 5. The molecule has 1 atom stereocenters. The van der Waals surface area contributed by atoms with E-state index in [1.54, 1.807) is 17.0 Å². The molecule has 1 fully saturated rings. The lowest BCUT2D eigenvalue weighted by molar-refractivity contribution is -0.129. The van der Waals surface area contributed by atoms with Gasteiger partial charge in [0.05, 0.1) is 5.92 Å². The van der Waals surface area contributed by atoms with Crippen molar-refractivity contribution in [1.29, 1.82) is 0 Å². The quantitative estimate of drug-likeness (QED) is 0.898. The molecular weight excluding hydrogens is 271 g/mol. The lowest BCUT2D eigenvalue weighted by atomic mass is 10.1. The summed E-state index contributed by atoms with van der Waals surface area (Å²) in [6.07, 6.45) is 0.951. The minimum atomic E-state index is -0.263. The van der Waals surface area contributed by atoms with Crippen LogP contribution in [-0.2, 0) is 16.0 Å². The van der Waals surface area contributed by atoms with Gasteiger partial charge < -0.3 is 10.2 Å². The Kier molecular flexibility index (Phi) is 4.94. The zero-order valence-corrected chi connectivity index (χ0v) is 12.4. The zero-order chi connectivity index (χ0) is 15.4. The highest BCUT2D eigenvalue weighted by Gasteiger charge is 2.33. The van der Waals surface area contributed by atoms with Crippen molar-refractivity contribution < 1.29 is 14.0 Å². The molecule has 0 saturated carbocycles. The fourth-order valence-corrected chi connectivity index (χ4v) is 2.48. The number of amides is 2. The number of hydrogen-bond donors (Lipinski definition) is 1. The Labute approximate surface area is 124 Å². The van der Waals surface area contributed by atoms with E-state index >= 15 is 0 Å². The van der Waals surface area contributed by atoms with Crippen LogP contribution in [0.4, 0.5) is 4.39 Å². The summed E-state index contributed by atoms with van der Waals surface area (Å²) in [4.78, 5) is 25.6. The van der Waals surface area contributed by atoms with E-state index in [1.807, 2.05) is 13.8 Å². The summed E-state index contributed by atoms with van der Waals surface area (Å²) >= 11 is 0. The number of likely N-dealkylation sites (tertiary alicyclic amines) is 1. The van der Waals surface area contributed by atoms with E-state index in [-0.39, 0.29) is 36.0 Å². The molecule has 1 aliphatic heterocycles. The highest BCUT2D eigenvalue weighted by atomic mass is 19.1. The second-order valence-electron chi connectivity index (χ2n) is 5.78. The van der Waals surface area contributed by atoms with Crippen LogP contribution in [0.1, 0.15) is 25.8 Å². The molecule has 0 spiro atoms. The van der Waals surface area contributed by atoms with Crippen LogP contribution in [0.15, 0.2) is 24.3 Å². The lowest BCUT2D eigenvalue weighted by Crippen LogP contribution is -2.37. The van der Waals surface area contributed by atoms with E-state index in [9.17, 15) is 14.0 Å². The molecule has 0 bridgehead atoms. The molecule has 0 radical (unpaired) electrons. The van der Waals surface area contributed by atoms with Crippen LogP contribution in [0, 0.1) is 11.7 Å². The monoisotopic (exact) mass is 292 g/mol. The number of nitrogens with one attached hydrogen (secondary N) is 1. The minimum Gasteiger partial charge on any atom is -0.354 e. The van der Waals surface area contributed by atoms with Gasteiger partial charge in [-0.3, -0.25) is 9.59 Å². The van der Waals surface area contributed by atoms with Crippen LogP contribution in [0.5, 0.6) is 0 Å². The number of hydrogen-bond acceptors (Lipinski definition) is 2. The molecule has 2 rings (SSSR count). The van der Waals surface area contributed by atoms with Gasteiger partial charge in [-0.2, -0.15) is 0 Å². The molecule has 5 heteroatoms. The first-order valence-corrected chi connectivity index (χ1v) is 7.28. The van der Waals surface area contributed by atoms with Crippen LogP contribution in [0.25, 0.3) is 0 Å². The summed E-state index contributed by atoms with van der Waals surface area (Å²) in [5.74, 6) is -0.557. The van der Waals surface area contributed by atoms with Crippen molar-refractivity contribution in [1.82, 2.24) is 10.2 Å². The highest BCUT2D eigenvalue weighted by Crippen LogP contribution is 2.18. The van der Waals surface area contributed by atoms with Crippen molar-refractivity contribution in [2.45, 2.75) is 32.7 Å². The molecule has 1 unspecified atom stereocenters. The predicted octanol–water partition coefficient (Wildman–Crippen LogP) is 1.74. The van der Waals surface area contributed by atoms with Crippen molar-refractivity contribution in [3.63, 3.8) is 0 Å². The SMILES string of the molecule is CC(C)NC(=O)C1CC(=O)N(CCc2ccc(F)cc2)C1. The molecule has 1 aromatic carbocycles. The standard InChI is InChI=1S/C16H21FN2O2/c1-11(2)18-16(21)13-9-15(20)19(10-13)8-7-12-3-5-14(17)6-4-12/h3-6,11,13H,7-10H2,1-2H3,(H,18,21). The summed E-state index contributed by atoms with van der Waals surface area (Å²) in [6, 6.07) is 6.36. The minimum absolute atomic E-state index is 0.0148. The van der Waals surface area contributed by atoms with Crippen molar-refractivity contribution >= 4 is 11.8 Å². The maximum atomic E-state index is 12.8. The van der Waals surface area contributed by atoms with Crippen LogP contribution in [0.2, 0.25) is 0 Å². The molecular formula is C16H21FN2O2. The first-order valence-electron chi connectivity index (χ1n) is 7.28. The van der Waals surface area contributed by atoms with Gasteiger partial charge in [-0.1, -0.05) is 12.1 Å². The van der Waals surface area contributed by atoms with E-state index < -0.39 is 0 Å². The summed E-state index contributed by atoms with van der Waals surface area (Å²) < 4.78 is 12.8. The van der Waals surface area contributed by atoms with E-state index in [0.717, 1.165) is 5.56 Å². The Morgan fingerprint density at radius 2 is 2.05 bits per heavy atom. The maximum absolute atomic E-state index is 12.8. The summed E-state index contributed by atoms with van der Waals surface area (Å²) in [6.45, 7) is 4.84. The number of halogens is 1. The topological polar surface area (TPSA) is 49.4 Å². The van der Waals surface area contributed by atoms with Crippen molar-refractivity contribution in [2.75, 3.05) is 13.1 Å². The Balaban J connectivity index is 1.86. The molecule has 4 nitrogen and oxygen atoms in total. The molecule has 1 aliphatic rings. The average Bonchev–Trinajstić information content (AvgIpc) is 2.79. The molecule has 2 amide bonds. The zero-order valence-electron chi connectivity index (χ0n) is 12.4. The third kappa shape index (κ3) is 4.28. The average molecular weight is 292 g/mol. The maximum Gasteiger partial charge on any atom is 0.225 e. The third-order valence-electron chi connectivity index (χ3n) is 3.60.